The van der Waals surface area contributed by atoms with E-state index in [9.17, 15) is 9.18 Å². The molecule has 1 fully saturated rings. The van der Waals surface area contributed by atoms with Crippen LogP contribution in [-0.2, 0) is 18.0 Å². The molecule has 2 heterocycles. The van der Waals surface area contributed by atoms with Gasteiger partial charge in [0.2, 0.25) is 11.9 Å². The van der Waals surface area contributed by atoms with Gasteiger partial charge in [-0.15, -0.1) is 0 Å². The number of benzene rings is 1. The number of piperidine rings is 1. The van der Waals surface area contributed by atoms with Gasteiger partial charge in [-0.1, -0.05) is 24.3 Å². The van der Waals surface area contributed by atoms with Crippen LogP contribution in [0.1, 0.15) is 24.0 Å². The summed E-state index contributed by atoms with van der Waals surface area (Å²) in [6.07, 6.45) is 3.24. The van der Waals surface area contributed by atoms with Crippen LogP contribution in [0.4, 0.5) is 16.2 Å². The minimum absolute atomic E-state index is 0.0307. The van der Waals surface area contributed by atoms with Crippen molar-refractivity contribution < 1.29 is 9.18 Å². The maximum atomic E-state index is 13.0. The molecule has 26 heavy (non-hydrogen) atoms. The predicted octanol–water partition coefficient (Wildman–Crippen LogP) is 2.52. The van der Waals surface area contributed by atoms with E-state index in [1.165, 1.54) is 0 Å². The Morgan fingerprint density at radius 3 is 2.65 bits per heavy atom. The van der Waals surface area contributed by atoms with Crippen LogP contribution in [-0.4, -0.2) is 36.0 Å². The largest absolute Gasteiger partial charge is 0.373 e. The minimum atomic E-state index is -0.518. The first-order chi connectivity index (χ1) is 12.7. The first kappa shape index (κ1) is 18.1. The molecule has 0 spiro atoms. The van der Waals surface area contributed by atoms with Crippen molar-refractivity contribution in [3.8, 4) is 0 Å². The second-order valence-electron chi connectivity index (χ2n) is 6.37. The van der Waals surface area contributed by atoms with Crippen LogP contribution < -0.4 is 15.5 Å². The molecule has 0 saturated carbocycles. The van der Waals surface area contributed by atoms with Gasteiger partial charge >= 0.3 is 0 Å². The van der Waals surface area contributed by atoms with Gasteiger partial charge < -0.3 is 15.5 Å². The van der Waals surface area contributed by atoms with E-state index >= 15 is 0 Å². The Bertz CT molecular complexity index is 746. The quantitative estimate of drug-likeness (QED) is 0.831. The summed E-state index contributed by atoms with van der Waals surface area (Å²) in [5.41, 5.74) is 1.46. The molecule has 1 saturated heterocycles. The van der Waals surface area contributed by atoms with Crippen molar-refractivity contribution in [2.24, 2.45) is 5.92 Å². The smallest absolute Gasteiger partial charge is 0.227 e. The summed E-state index contributed by atoms with van der Waals surface area (Å²) in [6, 6.07) is 9.08. The van der Waals surface area contributed by atoms with Gasteiger partial charge in [-0.05, 0) is 30.0 Å². The lowest BCUT2D eigenvalue weighted by Crippen LogP contribution is -2.41. The molecule has 1 amide bonds. The molecule has 0 unspecified atom stereocenters. The monoisotopic (exact) mass is 357 g/mol. The topological polar surface area (TPSA) is 70.2 Å². The highest BCUT2D eigenvalue weighted by Crippen LogP contribution is 2.21. The Kier molecular flexibility index (Phi) is 5.99. The summed E-state index contributed by atoms with van der Waals surface area (Å²) in [6.45, 7) is 1.33. The summed E-state index contributed by atoms with van der Waals surface area (Å²) >= 11 is 0. The number of hydrogen-bond donors (Lipinski definition) is 2. The van der Waals surface area contributed by atoms with E-state index in [-0.39, 0.29) is 11.8 Å². The Balaban J connectivity index is 1.52. The van der Waals surface area contributed by atoms with E-state index in [2.05, 4.69) is 25.5 Å². The van der Waals surface area contributed by atoms with Crippen LogP contribution in [0.3, 0.4) is 0 Å². The van der Waals surface area contributed by atoms with Crippen molar-refractivity contribution in [2.45, 2.75) is 26.1 Å². The molecule has 1 aromatic carbocycles. The molecule has 6 nitrogen and oxygen atoms in total. The first-order valence-corrected chi connectivity index (χ1v) is 8.87. The highest BCUT2D eigenvalue weighted by atomic mass is 19.1. The lowest BCUT2D eigenvalue weighted by atomic mass is 9.96. The molecular formula is C19H24FN5O. The van der Waals surface area contributed by atoms with Gasteiger partial charge in [0.25, 0.3) is 0 Å². The number of alkyl halides is 1. The number of carbonyl (C=O) groups excluding carboxylic acids is 1. The predicted molar refractivity (Wildman–Crippen MR) is 99.6 cm³/mol. The van der Waals surface area contributed by atoms with Crippen molar-refractivity contribution >= 4 is 17.7 Å². The number of nitrogens with one attached hydrogen (secondary N) is 2. The summed E-state index contributed by atoms with van der Waals surface area (Å²) in [5, 5.41) is 5.96. The summed E-state index contributed by atoms with van der Waals surface area (Å²) in [4.78, 5) is 23.3. The first-order valence-electron chi connectivity index (χ1n) is 8.87. The van der Waals surface area contributed by atoms with E-state index in [0.717, 1.165) is 37.3 Å². The van der Waals surface area contributed by atoms with E-state index in [0.29, 0.717) is 18.1 Å². The molecule has 7 heteroatoms. The molecule has 2 aromatic rings. The molecule has 138 valence electrons. The third kappa shape index (κ3) is 4.28. The van der Waals surface area contributed by atoms with E-state index in [1.54, 1.807) is 18.3 Å². The van der Waals surface area contributed by atoms with Crippen LogP contribution in [0.5, 0.6) is 0 Å². The SMILES string of the molecule is CNc1ccnc(N2CCC(C(=O)NCc3ccccc3CF)CC2)n1. The van der Waals surface area contributed by atoms with Gasteiger partial charge in [0, 0.05) is 38.8 Å². The number of nitrogens with zero attached hydrogens (tertiary/aromatic N) is 3. The molecule has 1 aliphatic rings. The number of carbonyl (C=O) groups is 1. The highest BCUT2D eigenvalue weighted by Gasteiger charge is 2.26. The zero-order valence-electron chi connectivity index (χ0n) is 14.9. The highest BCUT2D eigenvalue weighted by molar-refractivity contribution is 5.79. The number of aromatic nitrogens is 2. The lowest BCUT2D eigenvalue weighted by Gasteiger charge is -2.31. The molecule has 0 atom stereocenters. The molecule has 1 aliphatic heterocycles. The summed E-state index contributed by atoms with van der Waals surface area (Å²) in [7, 11) is 1.82. The van der Waals surface area contributed by atoms with Crippen LogP contribution >= 0.6 is 0 Å². The molecular weight excluding hydrogens is 333 g/mol. The standard InChI is InChI=1S/C19H24FN5O/c1-21-17-6-9-22-19(24-17)25-10-7-14(8-11-25)18(26)23-13-16-5-3-2-4-15(16)12-20/h2-6,9,14H,7-8,10-13H2,1H3,(H,23,26)(H,21,22,24). The van der Waals surface area contributed by atoms with E-state index in [4.69, 9.17) is 0 Å². The van der Waals surface area contributed by atoms with Crippen LogP contribution in [0.15, 0.2) is 36.5 Å². The normalized spacial score (nSPS) is 14.9. The molecule has 1 aromatic heterocycles. The van der Waals surface area contributed by atoms with E-state index in [1.807, 2.05) is 25.2 Å². The summed E-state index contributed by atoms with van der Waals surface area (Å²) < 4.78 is 13.0. The lowest BCUT2D eigenvalue weighted by molar-refractivity contribution is -0.125. The molecule has 2 N–H and O–H groups in total. The van der Waals surface area contributed by atoms with Crippen molar-refractivity contribution in [1.29, 1.82) is 0 Å². The molecule has 0 bridgehead atoms. The number of halogens is 1. The Labute approximate surface area is 152 Å². The van der Waals surface area contributed by atoms with Crippen molar-refractivity contribution in [1.82, 2.24) is 15.3 Å². The third-order valence-electron chi connectivity index (χ3n) is 4.76. The van der Waals surface area contributed by atoms with Crippen LogP contribution in [0, 0.1) is 5.92 Å². The number of rotatable bonds is 6. The fraction of sp³-hybridized carbons (Fsp3) is 0.421. The van der Waals surface area contributed by atoms with Gasteiger partial charge in [0.15, 0.2) is 0 Å². The Morgan fingerprint density at radius 1 is 1.23 bits per heavy atom. The average molecular weight is 357 g/mol. The van der Waals surface area contributed by atoms with Crippen molar-refractivity contribution in [3.05, 3.63) is 47.7 Å². The van der Waals surface area contributed by atoms with Crippen molar-refractivity contribution in [3.63, 3.8) is 0 Å². The zero-order chi connectivity index (χ0) is 18.4. The van der Waals surface area contributed by atoms with Gasteiger partial charge in [0.05, 0.1) is 0 Å². The maximum absolute atomic E-state index is 13.0. The number of amides is 1. The molecule has 3 rings (SSSR count). The third-order valence-corrected chi connectivity index (χ3v) is 4.76. The second kappa shape index (κ2) is 8.60. The minimum Gasteiger partial charge on any atom is -0.373 e. The van der Waals surface area contributed by atoms with Crippen LogP contribution in [0.2, 0.25) is 0 Å². The number of anilines is 2. The van der Waals surface area contributed by atoms with Gasteiger partial charge in [-0.25, -0.2) is 9.37 Å². The zero-order valence-corrected chi connectivity index (χ0v) is 14.9. The Morgan fingerprint density at radius 2 is 1.96 bits per heavy atom. The molecule has 0 radical (unpaired) electrons. The maximum Gasteiger partial charge on any atom is 0.227 e. The summed E-state index contributed by atoms with van der Waals surface area (Å²) in [5.74, 6) is 1.47. The van der Waals surface area contributed by atoms with Crippen molar-refractivity contribution in [2.75, 3.05) is 30.4 Å². The van der Waals surface area contributed by atoms with E-state index < -0.39 is 6.67 Å². The molecule has 0 aliphatic carbocycles. The fourth-order valence-electron chi connectivity index (χ4n) is 3.17. The van der Waals surface area contributed by atoms with Gasteiger partial charge in [0.1, 0.15) is 12.5 Å². The van der Waals surface area contributed by atoms with Gasteiger partial charge in [-0.2, -0.15) is 4.98 Å². The second-order valence-corrected chi connectivity index (χ2v) is 6.37. The Hall–Kier alpha value is -2.70. The van der Waals surface area contributed by atoms with Crippen LogP contribution in [0.25, 0.3) is 0 Å². The average Bonchev–Trinajstić information content (AvgIpc) is 2.72. The fourth-order valence-corrected chi connectivity index (χ4v) is 3.17. The van der Waals surface area contributed by atoms with Gasteiger partial charge in [-0.3, -0.25) is 4.79 Å². The number of hydrogen-bond acceptors (Lipinski definition) is 5.